The van der Waals surface area contributed by atoms with E-state index < -0.39 is 53.8 Å². The second-order valence-electron chi connectivity index (χ2n) is 8.06. The van der Waals surface area contributed by atoms with E-state index in [1.807, 2.05) is 13.8 Å². The summed E-state index contributed by atoms with van der Waals surface area (Å²) in [6.45, 7) is 5.46. The van der Waals surface area contributed by atoms with Gasteiger partial charge in [-0.15, -0.1) is 0 Å². The number of nitrogens with one attached hydrogen (secondary N) is 2. The molecular weight excluding hydrogens is 394 g/mol. The molecule has 1 heterocycles. The van der Waals surface area contributed by atoms with Crippen LogP contribution in [0.15, 0.2) is 0 Å². The number of carbonyl (C=O) groups is 5. The molecule has 0 aromatic rings. The molecule has 0 aromatic heterocycles. The van der Waals surface area contributed by atoms with Gasteiger partial charge in [0.25, 0.3) is 0 Å². The molecular formula is C19H33N5O6. The van der Waals surface area contributed by atoms with Crippen molar-refractivity contribution < 1.29 is 29.1 Å². The van der Waals surface area contributed by atoms with E-state index in [4.69, 9.17) is 16.6 Å². The smallest absolute Gasteiger partial charge is 0.325 e. The Hall–Kier alpha value is -2.69. The number of hydrogen-bond donors (Lipinski definition) is 5. The Morgan fingerprint density at radius 2 is 1.77 bits per heavy atom. The molecule has 0 spiro atoms. The van der Waals surface area contributed by atoms with Gasteiger partial charge in [-0.25, -0.2) is 0 Å². The van der Waals surface area contributed by atoms with Gasteiger partial charge in [-0.05, 0) is 38.5 Å². The zero-order chi connectivity index (χ0) is 23.0. The molecule has 0 saturated carbocycles. The lowest BCUT2D eigenvalue weighted by Crippen LogP contribution is -2.56. The molecule has 1 rings (SSSR count). The number of nitrogens with two attached hydrogens (primary N) is 2. The van der Waals surface area contributed by atoms with E-state index in [9.17, 15) is 24.0 Å². The Morgan fingerprint density at radius 3 is 2.30 bits per heavy atom. The average molecular weight is 428 g/mol. The molecule has 0 aliphatic carbocycles. The van der Waals surface area contributed by atoms with E-state index in [0.717, 1.165) is 0 Å². The summed E-state index contributed by atoms with van der Waals surface area (Å²) in [5.41, 5.74) is 10.9. The maximum Gasteiger partial charge on any atom is 0.325 e. The minimum Gasteiger partial charge on any atom is -0.480 e. The van der Waals surface area contributed by atoms with Crippen molar-refractivity contribution in [3.63, 3.8) is 0 Å². The van der Waals surface area contributed by atoms with Crippen LogP contribution in [0.5, 0.6) is 0 Å². The number of nitrogens with zero attached hydrogens (tertiary/aromatic N) is 1. The molecule has 0 aromatic carbocycles. The Kier molecular flexibility index (Phi) is 9.70. The summed E-state index contributed by atoms with van der Waals surface area (Å²) in [4.78, 5) is 61.3. The minimum atomic E-state index is -1.17. The van der Waals surface area contributed by atoms with Crippen molar-refractivity contribution in [1.29, 1.82) is 0 Å². The van der Waals surface area contributed by atoms with Gasteiger partial charge in [-0.2, -0.15) is 0 Å². The van der Waals surface area contributed by atoms with E-state index in [0.29, 0.717) is 25.8 Å². The number of likely N-dealkylation sites (tertiary alicyclic amines) is 1. The highest BCUT2D eigenvalue weighted by atomic mass is 16.4. The molecule has 0 radical (unpaired) electrons. The van der Waals surface area contributed by atoms with Gasteiger partial charge >= 0.3 is 5.97 Å². The molecule has 11 heteroatoms. The summed E-state index contributed by atoms with van der Waals surface area (Å²) in [6.07, 6.45) is 1.35. The normalized spacial score (nSPS) is 19.1. The quantitative estimate of drug-likeness (QED) is 0.271. The minimum absolute atomic E-state index is 0.0481. The summed E-state index contributed by atoms with van der Waals surface area (Å²) in [5, 5.41) is 14.0. The second kappa shape index (κ2) is 11.5. The highest BCUT2D eigenvalue weighted by Crippen LogP contribution is 2.20. The Balaban J connectivity index is 2.87. The van der Waals surface area contributed by atoms with E-state index in [1.54, 1.807) is 0 Å². The topological polar surface area (TPSA) is 185 Å². The van der Waals surface area contributed by atoms with Crippen LogP contribution in [-0.4, -0.2) is 70.3 Å². The van der Waals surface area contributed by atoms with Gasteiger partial charge in [0.1, 0.15) is 18.1 Å². The van der Waals surface area contributed by atoms with Crippen molar-refractivity contribution in [2.24, 2.45) is 17.4 Å². The number of carboxylic acids is 1. The van der Waals surface area contributed by atoms with E-state index >= 15 is 0 Å². The number of amides is 4. The first-order valence-electron chi connectivity index (χ1n) is 10.1. The lowest BCUT2D eigenvalue weighted by molar-refractivity contribution is -0.144. The summed E-state index contributed by atoms with van der Waals surface area (Å²) < 4.78 is 0. The second-order valence-corrected chi connectivity index (χ2v) is 8.06. The SMILES string of the molecule is CC(C)CC(NC(=O)C(N)CCC(N)=O)C(=O)N1CCCC1C(=O)NC(C)C(=O)O. The number of primary amides is 1. The molecule has 1 saturated heterocycles. The van der Waals surface area contributed by atoms with Crippen molar-refractivity contribution in [2.75, 3.05) is 6.54 Å². The fourth-order valence-electron chi connectivity index (χ4n) is 3.28. The van der Waals surface area contributed by atoms with Crippen LogP contribution in [0.2, 0.25) is 0 Å². The number of aliphatic carboxylic acids is 1. The lowest BCUT2D eigenvalue weighted by atomic mass is 10.0. The van der Waals surface area contributed by atoms with Crippen molar-refractivity contribution in [3.05, 3.63) is 0 Å². The average Bonchev–Trinajstić information content (AvgIpc) is 3.14. The van der Waals surface area contributed by atoms with Crippen molar-refractivity contribution in [3.8, 4) is 0 Å². The first-order chi connectivity index (χ1) is 13.9. The van der Waals surface area contributed by atoms with E-state index in [-0.39, 0.29) is 18.8 Å². The third kappa shape index (κ3) is 7.62. The molecule has 1 fully saturated rings. The molecule has 4 unspecified atom stereocenters. The number of carbonyl (C=O) groups excluding carboxylic acids is 4. The van der Waals surface area contributed by atoms with Gasteiger partial charge in [0.05, 0.1) is 6.04 Å². The van der Waals surface area contributed by atoms with E-state index in [2.05, 4.69) is 10.6 Å². The standard InChI is InChI=1S/C19H33N5O6/c1-10(2)9-13(23-16(26)12(20)6-7-15(21)25)18(28)24-8-4-5-14(24)17(27)22-11(3)19(29)30/h10-14H,4-9,20H2,1-3H3,(H2,21,25)(H,22,27)(H,23,26)(H,29,30). The van der Waals surface area contributed by atoms with Crippen LogP contribution in [0.3, 0.4) is 0 Å². The van der Waals surface area contributed by atoms with Crippen LogP contribution in [-0.2, 0) is 24.0 Å². The monoisotopic (exact) mass is 427 g/mol. The summed E-state index contributed by atoms with van der Waals surface area (Å²) in [6, 6.07) is -3.75. The first kappa shape index (κ1) is 25.3. The predicted octanol–water partition coefficient (Wildman–Crippen LogP) is -1.31. The molecule has 7 N–H and O–H groups in total. The van der Waals surface area contributed by atoms with Gasteiger partial charge in [0.15, 0.2) is 0 Å². The van der Waals surface area contributed by atoms with Crippen LogP contribution in [0, 0.1) is 5.92 Å². The Bertz CT molecular complexity index is 668. The largest absolute Gasteiger partial charge is 0.480 e. The van der Waals surface area contributed by atoms with Crippen molar-refractivity contribution in [1.82, 2.24) is 15.5 Å². The van der Waals surface area contributed by atoms with Gasteiger partial charge in [-0.3, -0.25) is 24.0 Å². The number of rotatable bonds is 11. The summed E-state index contributed by atoms with van der Waals surface area (Å²) >= 11 is 0. The Labute approximate surface area is 175 Å². The van der Waals surface area contributed by atoms with E-state index in [1.165, 1.54) is 11.8 Å². The molecule has 170 valence electrons. The number of carboxylic acid groups (broad SMARTS) is 1. The Morgan fingerprint density at radius 1 is 1.13 bits per heavy atom. The summed E-state index contributed by atoms with van der Waals surface area (Å²) in [7, 11) is 0. The predicted molar refractivity (Wildman–Crippen MR) is 108 cm³/mol. The maximum atomic E-state index is 13.1. The van der Waals surface area contributed by atoms with Crippen LogP contribution < -0.4 is 22.1 Å². The fraction of sp³-hybridized carbons (Fsp3) is 0.737. The van der Waals surface area contributed by atoms with Crippen molar-refractivity contribution >= 4 is 29.6 Å². The molecule has 1 aliphatic heterocycles. The highest BCUT2D eigenvalue weighted by Gasteiger charge is 2.38. The first-order valence-corrected chi connectivity index (χ1v) is 10.1. The van der Waals surface area contributed by atoms with Crippen LogP contribution in [0.4, 0.5) is 0 Å². The van der Waals surface area contributed by atoms with Gasteiger partial charge < -0.3 is 32.1 Å². The molecule has 4 atom stereocenters. The molecule has 30 heavy (non-hydrogen) atoms. The molecule has 4 amide bonds. The third-order valence-electron chi connectivity index (χ3n) is 4.93. The number of hydrogen-bond acceptors (Lipinski definition) is 6. The van der Waals surface area contributed by atoms with Gasteiger partial charge in [-0.1, -0.05) is 13.8 Å². The zero-order valence-corrected chi connectivity index (χ0v) is 17.7. The van der Waals surface area contributed by atoms with Gasteiger partial charge in [0.2, 0.25) is 23.6 Å². The lowest BCUT2D eigenvalue weighted by Gasteiger charge is -2.30. The summed E-state index contributed by atoms with van der Waals surface area (Å²) in [5.74, 6) is -3.20. The maximum absolute atomic E-state index is 13.1. The van der Waals surface area contributed by atoms with Crippen molar-refractivity contribution in [2.45, 2.75) is 77.0 Å². The van der Waals surface area contributed by atoms with Crippen LogP contribution >= 0.6 is 0 Å². The third-order valence-corrected chi connectivity index (χ3v) is 4.93. The fourth-order valence-corrected chi connectivity index (χ4v) is 3.28. The molecule has 1 aliphatic rings. The highest BCUT2D eigenvalue weighted by molar-refractivity contribution is 5.94. The van der Waals surface area contributed by atoms with Crippen LogP contribution in [0.25, 0.3) is 0 Å². The van der Waals surface area contributed by atoms with Crippen LogP contribution in [0.1, 0.15) is 52.9 Å². The molecule has 11 nitrogen and oxygen atoms in total. The molecule has 0 bridgehead atoms. The zero-order valence-electron chi connectivity index (χ0n) is 17.7. The van der Waals surface area contributed by atoms with Gasteiger partial charge in [0, 0.05) is 13.0 Å².